The summed E-state index contributed by atoms with van der Waals surface area (Å²) in [6.45, 7) is 1.45. The Morgan fingerprint density at radius 1 is 1.41 bits per heavy atom. The van der Waals surface area contributed by atoms with Crippen LogP contribution in [0.3, 0.4) is 0 Å². The summed E-state index contributed by atoms with van der Waals surface area (Å²) >= 11 is 0. The molecule has 0 fully saturated rings. The highest BCUT2D eigenvalue weighted by Crippen LogP contribution is 2.18. The molecule has 0 aliphatic heterocycles. The minimum absolute atomic E-state index is 0.148. The van der Waals surface area contributed by atoms with Crippen molar-refractivity contribution in [3.63, 3.8) is 0 Å². The lowest BCUT2D eigenvalue weighted by atomic mass is 10.2. The first-order valence-corrected chi connectivity index (χ1v) is 6.65. The summed E-state index contributed by atoms with van der Waals surface area (Å²) in [6, 6.07) is 8.51. The molecule has 0 saturated heterocycles. The quantitative estimate of drug-likeness (QED) is 0.765. The molecule has 1 rings (SSSR count). The molecule has 1 N–H and O–H groups in total. The molecule has 0 aromatic heterocycles. The number of carboxylic acid groups (broad SMARTS) is 1. The third kappa shape index (κ3) is 5.07. The smallest absolute Gasteiger partial charge is 0.323 e. The molecule has 1 amide bonds. The Hall–Kier alpha value is -2.59. The summed E-state index contributed by atoms with van der Waals surface area (Å²) in [5, 5.41) is 17.9. The molecule has 118 valence electrons. The molecule has 1 unspecified atom stereocenters. The van der Waals surface area contributed by atoms with Gasteiger partial charge in [0.2, 0.25) is 0 Å². The van der Waals surface area contributed by atoms with E-state index in [2.05, 4.69) is 0 Å². The fourth-order valence-electron chi connectivity index (χ4n) is 1.79. The molecule has 7 heteroatoms. The van der Waals surface area contributed by atoms with Gasteiger partial charge in [-0.25, -0.2) is 0 Å². The maximum absolute atomic E-state index is 12.3. The number of aliphatic carboxylic acids is 1. The maximum Gasteiger partial charge on any atom is 0.323 e. The van der Waals surface area contributed by atoms with Crippen LogP contribution >= 0.6 is 0 Å². The molecule has 0 saturated carbocycles. The topological polar surface area (TPSA) is 99.9 Å². The Balaban J connectivity index is 2.80. The lowest BCUT2D eigenvalue weighted by molar-refractivity contribution is -0.148. The van der Waals surface area contributed by atoms with Gasteiger partial charge in [0.1, 0.15) is 18.4 Å². The molecule has 22 heavy (non-hydrogen) atoms. The van der Waals surface area contributed by atoms with Crippen LogP contribution in [0.2, 0.25) is 0 Å². The van der Waals surface area contributed by atoms with Crippen LogP contribution in [0.5, 0.6) is 5.75 Å². The molecule has 0 radical (unpaired) electrons. The van der Waals surface area contributed by atoms with Crippen molar-refractivity contribution >= 4 is 11.9 Å². The first kappa shape index (κ1) is 17.5. The number of hydrogen-bond acceptors (Lipinski definition) is 5. The highest BCUT2D eigenvalue weighted by Gasteiger charge is 2.24. The summed E-state index contributed by atoms with van der Waals surface area (Å²) in [5.74, 6) is -1.31. The van der Waals surface area contributed by atoms with E-state index in [0.29, 0.717) is 5.56 Å². The number of para-hydroxylation sites is 1. The van der Waals surface area contributed by atoms with Gasteiger partial charge in [-0.3, -0.25) is 9.59 Å². The number of ether oxygens (including phenoxy) is 2. The van der Waals surface area contributed by atoms with Crippen molar-refractivity contribution in [1.29, 1.82) is 5.26 Å². The Kier molecular flexibility index (Phi) is 6.86. The first-order valence-electron chi connectivity index (χ1n) is 6.65. The van der Waals surface area contributed by atoms with Crippen LogP contribution in [0.1, 0.15) is 12.5 Å². The molecule has 1 aromatic rings. The number of amides is 1. The lowest BCUT2D eigenvalue weighted by Crippen LogP contribution is -2.44. The zero-order valence-corrected chi connectivity index (χ0v) is 12.5. The fourth-order valence-corrected chi connectivity index (χ4v) is 1.79. The predicted octanol–water partition coefficient (Wildman–Crippen LogP) is 0.885. The van der Waals surface area contributed by atoms with Crippen molar-refractivity contribution in [1.82, 2.24) is 4.90 Å². The van der Waals surface area contributed by atoms with Gasteiger partial charge in [0.05, 0.1) is 12.2 Å². The van der Waals surface area contributed by atoms with Crippen LogP contribution < -0.4 is 4.74 Å². The average molecular weight is 306 g/mol. The Morgan fingerprint density at radius 2 is 2.09 bits per heavy atom. The van der Waals surface area contributed by atoms with Crippen molar-refractivity contribution in [2.24, 2.45) is 0 Å². The van der Waals surface area contributed by atoms with E-state index in [1.165, 1.54) is 14.0 Å². The summed E-state index contributed by atoms with van der Waals surface area (Å²) in [6.07, 6.45) is -0.911. The van der Waals surface area contributed by atoms with Crippen LogP contribution in [0.15, 0.2) is 24.3 Å². The van der Waals surface area contributed by atoms with Crippen LogP contribution in [-0.2, 0) is 14.3 Å². The number of carboxylic acids is 1. The summed E-state index contributed by atoms with van der Waals surface area (Å²) in [7, 11) is 1.46. The number of methoxy groups -OCH3 is 1. The molecule has 0 spiro atoms. The second-order valence-corrected chi connectivity index (χ2v) is 4.51. The maximum atomic E-state index is 12.3. The van der Waals surface area contributed by atoms with Gasteiger partial charge in [0.15, 0.2) is 6.10 Å². The van der Waals surface area contributed by atoms with E-state index in [1.54, 1.807) is 24.3 Å². The third-order valence-electron chi connectivity index (χ3n) is 2.86. The minimum Gasteiger partial charge on any atom is -0.480 e. The highest BCUT2D eigenvalue weighted by atomic mass is 16.5. The summed E-state index contributed by atoms with van der Waals surface area (Å²) in [4.78, 5) is 24.3. The van der Waals surface area contributed by atoms with Crippen LogP contribution in [0, 0.1) is 11.3 Å². The predicted molar refractivity (Wildman–Crippen MR) is 77.3 cm³/mol. The van der Waals surface area contributed by atoms with E-state index < -0.39 is 24.5 Å². The molecule has 1 aromatic carbocycles. The van der Waals surface area contributed by atoms with E-state index in [4.69, 9.17) is 19.8 Å². The molecular weight excluding hydrogens is 288 g/mol. The minimum atomic E-state index is -1.12. The van der Waals surface area contributed by atoms with Gasteiger partial charge >= 0.3 is 5.97 Å². The fraction of sp³-hybridized carbons (Fsp3) is 0.400. The highest BCUT2D eigenvalue weighted by molar-refractivity contribution is 5.84. The van der Waals surface area contributed by atoms with E-state index in [9.17, 15) is 9.59 Å². The number of nitriles is 1. The van der Waals surface area contributed by atoms with Gasteiger partial charge in [-0.05, 0) is 19.1 Å². The third-order valence-corrected chi connectivity index (χ3v) is 2.86. The summed E-state index contributed by atoms with van der Waals surface area (Å²) in [5.41, 5.74) is 0.309. The largest absolute Gasteiger partial charge is 0.480 e. The van der Waals surface area contributed by atoms with Crippen molar-refractivity contribution < 1.29 is 24.2 Å². The Bertz CT molecular complexity index is 567. The normalized spacial score (nSPS) is 11.3. The number of benzene rings is 1. The number of hydrogen-bond donors (Lipinski definition) is 1. The molecule has 0 aliphatic rings. The van der Waals surface area contributed by atoms with Crippen LogP contribution in [0.4, 0.5) is 0 Å². The van der Waals surface area contributed by atoms with E-state index in [1.807, 2.05) is 6.07 Å². The lowest BCUT2D eigenvalue weighted by Gasteiger charge is -2.24. The molecule has 0 aliphatic carbocycles. The van der Waals surface area contributed by atoms with E-state index >= 15 is 0 Å². The molecule has 0 bridgehead atoms. The number of carbonyl (C=O) groups is 2. The van der Waals surface area contributed by atoms with Gasteiger partial charge in [-0.15, -0.1) is 0 Å². The van der Waals surface area contributed by atoms with Crippen LogP contribution in [0.25, 0.3) is 0 Å². The second kappa shape index (κ2) is 8.64. The standard InChI is InChI=1S/C15H18N2O5/c1-11(22-13-6-4-3-5-12(13)9-16)15(20)17(7-8-21-2)10-14(18)19/h3-6,11H,7-8,10H2,1-2H3,(H,18,19). The van der Waals surface area contributed by atoms with Crippen molar-refractivity contribution in [2.45, 2.75) is 13.0 Å². The monoisotopic (exact) mass is 306 g/mol. The second-order valence-electron chi connectivity index (χ2n) is 4.51. The van der Waals surface area contributed by atoms with Gasteiger partial charge < -0.3 is 19.5 Å². The van der Waals surface area contributed by atoms with Crippen LogP contribution in [-0.4, -0.2) is 54.8 Å². The first-order chi connectivity index (χ1) is 10.5. The van der Waals surface area contributed by atoms with Crippen molar-refractivity contribution in [3.8, 4) is 11.8 Å². The number of carbonyl (C=O) groups excluding carboxylic acids is 1. The number of nitrogens with zero attached hydrogens (tertiary/aromatic N) is 2. The zero-order valence-electron chi connectivity index (χ0n) is 12.5. The molecular formula is C15H18N2O5. The van der Waals surface area contributed by atoms with Gasteiger partial charge in [-0.1, -0.05) is 12.1 Å². The van der Waals surface area contributed by atoms with Crippen molar-refractivity contribution in [2.75, 3.05) is 26.8 Å². The van der Waals surface area contributed by atoms with Gasteiger partial charge in [0, 0.05) is 13.7 Å². The molecule has 1 atom stereocenters. The summed E-state index contributed by atoms with van der Waals surface area (Å²) < 4.78 is 10.4. The average Bonchev–Trinajstić information content (AvgIpc) is 2.50. The zero-order chi connectivity index (χ0) is 16.5. The Morgan fingerprint density at radius 3 is 2.68 bits per heavy atom. The molecule has 0 heterocycles. The Labute approximate surface area is 128 Å². The SMILES string of the molecule is COCCN(CC(=O)O)C(=O)C(C)Oc1ccccc1C#N. The van der Waals surface area contributed by atoms with Gasteiger partial charge in [-0.2, -0.15) is 5.26 Å². The number of rotatable bonds is 8. The van der Waals surface area contributed by atoms with E-state index in [0.717, 1.165) is 4.90 Å². The van der Waals surface area contributed by atoms with E-state index in [-0.39, 0.29) is 18.9 Å². The van der Waals surface area contributed by atoms with Crippen molar-refractivity contribution in [3.05, 3.63) is 29.8 Å². The molecule has 7 nitrogen and oxygen atoms in total. The van der Waals surface area contributed by atoms with Gasteiger partial charge in [0.25, 0.3) is 5.91 Å².